The smallest absolute Gasteiger partial charge is 0.328 e. The van der Waals surface area contributed by atoms with Gasteiger partial charge in [-0.2, -0.15) is 0 Å². The molecule has 1 rings (SSSR count). The molecule has 0 saturated carbocycles. The number of carboxylic acids is 1. The van der Waals surface area contributed by atoms with Crippen molar-refractivity contribution in [1.29, 1.82) is 0 Å². The molecular formula is C10H11FO4. The van der Waals surface area contributed by atoms with Crippen molar-refractivity contribution in [3.63, 3.8) is 0 Å². The minimum Gasteiger partial charge on any atom is -0.504 e. The summed E-state index contributed by atoms with van der Waals surface area (Å²) in [5.74, 6) is -0.672. The molecule has 1 aromatic carbocycles. The molecule has 0 fully saturated rings. The number of ether oxygens (including phenoxy) is 1. The van der Waals surface area contributed by atoms with Crippen molar-refractivity contribution in [2.45, 2.75) is 0 Å². The fourth-order valence-corrected chi connectivity index (χ4v) is 0.965. The van der Waals surface area contributed by atoms with Crippen LogP contribution in [0.2, 0.25) is 0 Å². The Morgan fingerprint density at radius 3 is 2.67 bits per heavy atom. The molecule has 0 saturated heterocycles. The summed E-state index contributed by atoms with van der Waals surface area (Å²) in [6, 6.07) is 4.59. The van der Waals surface area contributed by atoms with Gasteiger partial charge in [-0.15, -0.1) is 0 Å². The summed E-state index contributed by atoms with van der Waals surface area (Å²) in [5, 5.41) is 17.6. The number of phenols is 1. The van der Waals surface area contributed by atoms with E-state index in [0.717, 1.165) is 6.08 Å². The highest BCUT2D eigenvalue weighted by atomic mass is 19.0. The second-order valence-corrected chi connectivity index (χ2v) is 2.60. The first-order valence-corrected chi connectivity index (χ1v) is 3.91. The molecular weight excluding hydrogens is 203 g/mol. The van der Waals surface area contributed by atoms with Crippen LogP contribution in [-0.4, -0.2) is 23.3 Å². The Balaban J connectivity index is 0.00000196. The lowest BCUT2D eigenvalue weighted by Crippen LogP contribution is -1.87. The number of carboxylic acid groups (broad SMARTS) is 1. The zero-order valence-corrected chi connectivity index (χ0v) is 8.01. The average molecular weight is 214 g/mol. The van der Waals surface area contributed by atoms with Gasteiger partial charge in [-0.05, 0) is 23.8 Å². The Bertz CT molecular complexity index is 374. The predicted octanol–water partition coefficient (Wildman–Crippen LogP) is 1.65. The maximum atomic E-state index is 10.2. The van der Waals surface area contributed by atoms with Crippen LogP contribution < -0.4 is 4.74 Å². The molecule has 0 unspecified atom stereocenters. The van der Waals surface area contributed by atoms with Crippen LogP contribution >= 0.6 is 0 Å². The Morgan fingerprint density at radius 2 is 2.13 bits per heavy atom. The molecule has 5 heteroatoms. The molecule has 15 heavy (non-hydrogen) atoms. The van der Waals surface area contributed by atoms with E-state index in [4.69, 9.17) is 9.84 Å². The highest BCUT2D eigenvalue weighted by Crippen LogP contribution is 2.26. The number of methoxy groups -OCH3 is 1. The number of aromatic hydroxyl groups is 1. The first kappa shape index (κ1) is 13.0. The number of phenolic OH excluding ortho intramolecular Hbond substituents is 1. The van der Waals surface area contributed by atoms with Crippen molar-refractivity contribution in [2.75, 3.05) is 7.11 Å². The van der Waals surface area contributed by atoms with Gasteiger partial charge >= 0.3 is 5.97 Å². The topological polar surface area (TPSA) is 66.8 Å². The van der Waals surface area contributed by atoms with Crippen LogP contribution in [0.25, 0.3) is 6.08 Å². The highest BCUT2D eigenvalue weighted by Gasteiger charge is 2.00. The van der Waals surface area contributed by atoms with Crippen molar-refractivity contribution in [3.05, 3.63) is 29.8 Å². The molecule has 0 aliphatic carbocycles. The Hall–Kier alpha value is -2.04. The van der Waals surface area contributed by atoms with Crippen LogP contribution in [-0.2, 0) is 4.79 Å². The van der Waals surface area contributed by atoms with E-state index in [1.54, 1.807) is 12.1 Å². The monoisotopic (exact) mass is 214 g/mol. The fourth-order valence-electron chi connectivity index (χ4n) is 0.965. The number of hydrogen-bond donors (Lipinski definition) is 2. The van der Waals surface area contributed by atoms with Gasteiger partial charge in [-0.25, -0.2) is 4.79 Å². The van der Waals surface area contributed by atoms with E-state index >= 15 is 0 Å². The second-order valence-electron chi connectivity index (χ2n) is 2.60. The average Bonchev–Trinajstić information content (AvgIpc) is 2.16. The molecule has 1 aromatic rings. The van der Waals surface area contributed by atoms with Crippen LogP contribution in [0.15, 0.2) is 24.3 Å². The van der Waals surface area contributed by atoms with Crippen molar-refractivity contribution in [2.24, 2.45) is 0 Å². The third-order valence-corrected chi connectivity index (χ3v) is 1.62. The molecule has 4 nitrogen and oxygen atoms in total. The first-order valence-electron chi connectivity index (χ1n) is 3.91. The van der Waals surface area contributed by atoms with E-state index in [1.807, 2.05) is 0 Å². The standard InChI is InChI=1S/C10H10O4.FH/c1-14-9-6-7(2-4-8(9)11)3-5-10(12)13;/h2-6,11H,1H3,(H,12,13);1H/b5-3+;. The Kier molecular flexibility index (Phi) is 4.87. The minimum atomic E-state index is -1.02. The van der Waals surface area contributed by atoms with Gasteiger partial charge in [0.1, 0.15) is 0 Å². The molecule has 0 aromatic heterocycles. The van der Waals surface area contributed by atoms with E-state index in [1.165, 1.54) is 19.3 Å². The van der Waals surface area contributed by atoms with E-state index in [0.29, 0.717) is 11.3 Å². The summed E-state index contributed by atoms with van der Waals surface area (Å²) in [6.45, 7) is 0. The molecule has 2 N–H and O–H groups in total. The minimum absolute atomic E-state index is 0. The van der Waals surface area contributed by atoms with Crippen LogP contribution in [0.1, 0.15) is 5.56 Å². The maximum Gasteiger partial charge on any atom is 0.328 e. The predicted molar refractivity (Wildman–Crippen MR) is 53.8 cm³/mol. The molecule has 0 aliphatic rings. The summed E-state index contributed by atoms with van der Waals surface area (Å²) < 4.78 is 4.86. The van der Waals surface area contributed by atoms with Crippen molar-refractivity contribution in [1.82, 2.24) is 0 Å². The van der Waals surface area contributed by atoms with Crippen molar-refractivity contribution < 1.29 is 24.4 Å². The molecule has 0 atom stereocenters. The number of carbonyl (C=O) groups is 1. The van der Waals surface area contributed by atoms with Crippen LogP contribution in [0.5, 0.6) is 11.5 Å². The summed E-state index contributed by atoms with van der Waals surface area (Å²) in [5.41, 5.74) is 0.655. The van der Waals surface area contributed by atoms with Crippen molar-refractivity contribution >= 4 is 12.0 Å². The number of benzene rings is 1. The molecule has 0 heterocycles. The van der Waals surface area contributed by atoms with E-state index in [9.17, 15) is 9.90 Å². The highest BCUT2D eigenvalue weighted by molar-refractivity contribution is 5.85. The Labute approximate surface area is 85.8 Å². The Morgan fingerprint density at radius 1 is 1.47 bits per heavy atom. The van der Waals surface area contributed by atoms with Crippen molar-refractivity contribution in [3.8, 4) is 11.5 Å². The van der Waals surface area contributed by atoms with Gasteiger partial charge in [0.05, 0.1) is 7.11 Å². The van der Waals surface area contributed by atoms with Crippen LogP contribution in [0.4, 0.5) is 4.70 Å². The lowest BCUT2D eigenvalue weighted by atomic mass is 10.2. The summed E-state index contributed by atoms with van der Waals surface area (Å²) in [6.07, 6.45) is 2.44. The van der Waals surface area contributed by atoms with Crippen LogP contribution in [0.3, 0.4) is 0 Å². The quantitative estimate of drug-likeness (QED) is 0.751. The first-order chi connectivity index (χ1) is 6.63. The molecule has 0 radical (unpaired) electrons. The van der Waals surface area contributed by atoms with Gasteiger partial charge < -0.3 is 14.9 Å². The summed E-state index contributed by atoms with van der Waals surface area (Å²) in [7, 11) is 1.43. The second kappa shape index (κ2) is 5.64. The molecule has 0 aliphatic heterocycles. The van der Waals surface area contributed by atoms with Gasteiger partial charge in [-0.3, -0.25) is 4.70 Å². The van der Waals surface area contributed by atoms with Gasteiger partial charge in [-0.1, -0.05) is 6.07 Å². The van der Waals surface area contributed by atoms with E-state index in [2.05, 4.69) is 0 Å². The lowest BCUT2D eigenvalue weighted by Gasteiger charge is -2.03. The molecule has 82 valence electrons. The summed E-state index contributed by atoms with van der Waals surface area (Å²) in [4.78, 5) is 10.2. The maximum absolute atomic E-state index is 10.2. The lowest BCUT2D eigenvalue weighted by molar-refractivity contribution is -0.131. The number of aliphatic carboxylic acids is 1. The SMILES string of the molecule is COc1cc(/C=C/C(=O)O)ccc1O.F. The number of hydrogen-bond acceptors (Lipinski definition) is 3. The number of halogens is 1. The normalized spacial score (nSPS) is 9.67. The zero-order valence-electron chi connectivity index (χ0n) is 8.01. The third kappa shape index (κ3) is 3.68. The van der Waals surface area contributed by atoms with Crippen LogP contribution in [0, 0.1) is 0 Å². The summed E-state index contributed by atoms with van der Waals surface area (Å²) >= 11 is 0. The van der Waals surface area contributed by atoms with Gasteiger partial charge in [0, 0.05) is 6.08 Å². The van der Waals surface area contributed by atoms with E-state index < -0.39 is 5.97 Å². The molecule has 0 bridgehead atoms. The zero-order chi connectivity index (χ0) is 10.6. The van der Waals surface area contributed by atoms with Gasteiger partial charge in [0.15, 0.2) is 11.5 Å². The van der Waals surface area contributed by atoms with Gasteiger partial charge in [0.2, 0.25) is 0 Å². The molecule has 0 spiro atoms. The fraction of sp³-hybridized carbons (Fsp3) is 0.100. The van der Waals surface area contributed by atoms with Gasteiger partial charge in [0.25, 0.3) is 0 Å². The number of rotatable bonds is 3. The van der Waals surface area contributed by atoms with E-state index in [-0.39, 0.29) is 10.5 Å². The largest absolute Gasteiger partial charge is 0.504 e. The third-order valence-electron chi connectivity index (χ3n) is 1.62. The molecule has 0 amide bonds.